The normalized spacial score (nSPS) is 16.1. The van der Waals surface area contributed by atoms with Crippen molar-refractivity contribution < 1.29 is 0 Å². The zero-order chi connectivity index (χ0) is 7.40. The number of likely N-dealkylation sites (N-methyl/N-ethyl adjacent to an activating group) is 1. The van der Waals surface area contributed by atoms with Gasteiger partial charge in [0.15, 0.2) is 0 Å². The Morgan fingerprint density at radius 2 is 2.60 bits per heavy atom. The zero-order valence-electron chi connectivity index (χ0n) is 5.73. The van der Waals surface area contributed by atoms with Gasteiger partial charge in [-0.05, 0) is 17.8 Å². The first-order chi connectivity index (χ1) is 4.83. The number of rotatable bonds is 1. The van der Waals surface area contributed by atoms with E-state index < -0.39 is 0 Å². The molecule has 1 aliphatic heterocycles. The maximum absolute atomic E-state index is 8.05. The molecule has 0 bridgehead atoms. The SMILES string of the molecule is CN1C=CC(N=[N+]=[N-])=CC1. The molecule has 0 fully saturated rings. The smallest absolute Gasteiger partial charge is 0.0367 e. The van der Waals surface area contributed by atoms with Gasteiger partial charge in [-0.1, -0.05) is 11.2 Å². The highest BCUT2D eigenvalue weighted by atomic mass is 15.1. The van der Waals surface area contributed by atoms with Crippen LogP contribution in [-0.2, 0) is 0 Å². The molecule has 0 saturated heterocycles. The first-order valence-electron chi connectivity index (χ1n) is 2.96. The molecular formula is C6H8N4. The molecule has 52 valence electrons. The largest absolute Gasteiger partial charge is 0.377 e. The third-order valence-corrected chi connectivity index (χ3v) is 1.25. The Morgan fingerprint density at radius 1 is 1.80 bits per heavy atom. The number of hydrogen-bond acceptors (Lipinski definition) is 2. The first-order valence-corrected chi connectivity index (χ1v) is 2.96. The number of azide groups is 1. The Kier molecular flexibility index (Phi) is 1.97. The van der Waals surface area contributed by atoms with Crippen LogP contribution in [0.5, 0.6) is 0 Å². The van der Waals surface area contributed by atoms with Gasteiger partial charge in [0.1, 0.15) is 0 Å². The van der Waals surface area contributed by atoms with Gasteiger partial charge in [0, 0.05) is 24.2 Å². The summed E-state index contributed by atoms with van der Waals surface area (Å²) < 4.78 is 0. The molecule has 0 saturated carbocycles. The molecule has 0 radical (unpaired) electrons. The van der Waals surface area contributed by atoms with Gasteiger partial charge >= 0.3 is 0 Å². The average molecular weight is 136 g/mol. The molecule has 1 heterocycles. The van der Waals surface area contributed by atoms with Crippen LogP contribution in [0.3, 0.4) is 0 Å². The van der Waals surface area contributed by atoms with Crippen LogP contribution < -0.4 is 0 Å². The predicted molar refractivity (Wildman–Crippen MR) is 39.0 cm³/mol. The summed E-state index contributed by atoms with van der Waals surface area (Å²) in [5.41, 5.74) is 8.75. The van der Waals surface area contributed by atoms with Gasteiger partial charge in [-0.25, -0.2) is 0 Å². The Labute approximate surface area is 59.1 Å². The summed E-state index contributed by atoms with van der Waals surface area (Å²) in [6, 6.07) is 0. The quantitative estimate of drug-likeness (QED) is 0.307. The van der Waals surface area contributed by atoms with E-state index in [2.05, 4.69) is 10.0 Å². The van der Waals surface area contributed by atoms with E-state index in [-0.39, 0.29) is 0 Å². The van der Waals surface area contributed by atoms with Crippen LogP contribution in [0.4, 0.5) is 0 Å². The van der Waals surface area contributed by atoms with Gasteiger partial charge < -0.3 is 4.90 Å². The second-order valence-electron chi connectivity index (χ2n) is 2.07. The van der Waals surface area contributed by atoms with Gasteiger partial charge in [-0.15, -0.1) is 0 Å². The lowest BCUT2D eigenvalue weighted by atomic mass is 10.3. The lowest BCUT2D eigenvalue weighted by molar-refractivity contribution is 0.502. The lowest BCUT2D eigenvalue weighted by Crippen LogP contribution is -2.12. The van der Waals surface area contributed by atoms with Gasteiger partial charge in [0.05, 0.1) is 0 Å². The van der Waals surface area contributed by atoms with Crippen LogP contribution in [0.25, 0.3) is 10.4 Å². The minimum atomic E-state index is 0.695. The van der Waals surface area contributed by atoms with Crippen molar-refractivity contribution in [2.24, 2.45) is 5.11 Å². The first kappa shape index (κ1) is 6.71. The van der Waals surface area contributed by atoms with E-state index in [0.29, 0.717) is 5.70 Å². The fraction of sp³-hybridized carbons (Fsp3) is 0.333. The van der Waals surface area contributed by atoms with Crippen molar-refractivity contribution in [3.63, 3.8) is 0 Å². The molecule has 1 rings (SSSR count). The van der Waals surface area contributed by atoms with E-state index in [9.17, 15) is 0 Å². The van der Waals surface area contributed by atoms with Gasteiger partial charge in [-0.3, -0.25) is 0 Å². The van der Waals surface area contributed by atoms with Crippen molar-refractivity contribution in [2.75, 3.05) is 13.6 Å². The van der Waals surface area contributed by atoms with Crippen molar-refractivity contribution in [2.45, 2.75) is 0 Å². The Bertz CT molecular complexity index is 222. The van der Waals surface area contributed by atoms with E-state index in [1.54, 1.807) is 6.08 Å². The minimum Gasteiger partial charge on any atom is -0.377 e. The molecule has 0 unspecified atom stereocenters. The van der Waals surface area contributed by atoms with E-state index in [1.807, 2.05) is 24.2 Å². The van der Waals surface area contributed by atoms with E-state index >= 15 is 0 Å². The molecule has 0 aromatic heterocycles. The van der Waals surface area contributed by atoms with Gasteiger partial charge in [-0.2, -0.15) is 0 Å². The zero-order valence-corrected chi connectivity index (χ0v) is 5.73. The second-order valence-corrected chi connectivity index (χ2v) is 2.07. The van der Waals surface area contributed by atoms with E-state index in [0.717, 1.165) is 6.54 Å². The number of hydrogen-bond donors (Lipinski definition) is 0. The summed E-state index contributed by atoms with van der Waals surface area (Å²) in [5, 5.41) is 3.45. The van der Waals surface area contributed by atoms with Crippen molar-refractivity contribution in [3.8, 4) is 0 Å². The van der Waals surface area contributed by atoms with E-state index in [4.69, 9.17) is 5.53 Å². The highest BCUT2D eigenvalue weighted by Crippen LogP contribution is 2.05. The predicted octanol–water partition coefficient (Wildman–Crippen LogP) is 1.64. The van der Waals surface area contributed by atoms with Crippen LogP contribution in [0.1, 0.15) is 0 Å². The van der Waals surface area contributed by atoms with Crippen LogP contribution in [0.15, 0.2) is 29.2 Å². The summed E-state index contributed by atoms with van der Waals surface area (Å²) >= 11 is 0. The molecular weight excluding hydrogens is 128 g/mol. The molecule has 0 aliphatic carbocycles. The van der Waals surface area contributed by atoms with Crippen molar-refractivity contribution in [3.05, 3.63) is 34.5 Å². The molecule has 0 aromatic carbocycles. The van der Waals surface area contributed by atoms with Crippen LogP contribution in [0.2, 0.25) is 0 Å². The molecule has 0 aromatic rings. The monoisotopic (exact) mass is 136 g/mol. The Morgan fingerprint density at radius 3 is 3.10 bits per heavy atom. The molecule has 1 aliphatic rings. The highest BCUT2D eigenvalue weighted by Gasteiger charge is 1.95. The number of allylic oxidation sites excluding steroid dienone is 1. The summed E-state index contributed by atoms with van der Waals surface area (Å²) in [4.78, 5) is 4.67. The minimum absolute atomic E-state index is 0.695. The Balaban J connectivity index is 2.67. The fourth-order valence-corrected chi connectivity index (χ4v) is 0.696. The molecule has 4 heteroatoms. The summed E-state index contributed by atoms with van der Waals surface area (Å²) in [7, 11) is 1.96. The fourth-order valence-electron chi connectivity index (χ4n) is 0.696. The average Bonchev–Trinajstić information content (AvgIpc) is 1.95. The van der Waals surface area contributed by atoms with Crippen LogP contribution in [0, 0.1) is 0 Å². The van der Waals surface area contributed by atoms with Crippen LogP contribution >= 0.6 is 0 Å². The topological polar surface area (TPSA) is 52.0 Å². The van der Waals surface area contributed by atoms with Crippen molar-refractivity contribution >= 4 is 0 Å². The second kappa shape index (κ2) is 2.94. The Hall–Kier alpha value is -1.41. The summed E-state index contributed by atoms with van der Waals surface area (Å²) in [6.45, 7) is 0.810. The molecule has 0 spiro atoms. The van der Waals surface area contributed by atoms with Crippen molar-refractivity contribution in [1.29, 1.82) is 0 Å². The highest BCUT2D eigenvalue weighted by molar-refractivity contribution is 5.20. The van der Waals surface area contributed by atoms with Crippen molar-refractivity contribution in [1.82, 2.24) is 4.90 Å². The molecule has 10 heavy (non-hydrogen) atoms. The van der Waals surface area contributed by atoms with Crippen LogP contribution in [-0.4, -0.2) is 18.5 Å². The van der Waals surface area contributed by atoms with E-state index in [1.165, 1.54) is 0 Å². The third-order valence-electron chi connectivity index (χ3n) is 1.25. The standard InChI is InChI=1S/C6H8N4/c1-10-4-2-6(3-5-10)8-9-7/h2-4H,5H2,1H3. The summed E-state index contributed by atoms with van der Waals surface area (Å²) in [6.07, 6.45) is 5.53. The van der Waals surface area contributed by atoms with Gasteiger partial charge in [0.25, 0.3) is 0 Å². The molecule has 0 amide bonds. The number of nitrogens with zero attached hydrogens (tertiary/aromatic N) is 4. The molecule has 4 nitrogen and oxygen atoms in total. The summed E-state index contributed by atoms with van der Waals surface area (Å²) in [5.74, 6) is 0. The maximum atomic E-state index is 8.05. The molecule has 0 N–H and O–H groups in total. The van der Waals surface area contributed by atoms with Gasteiger partial charge in [0.2, 0.25) is 0 Å². The third kappa shape index (κ3) is 1.53. The maximum Gasteiger partial charge on any atom is 0.0367 e. The lowest BCUT2D eigenvalue weighted by Gasteiger charge is -2.14. The molecule has 0 atom stereocenters.